The van der Waals surface area contributed by atoms with Crippen molar-refractivity contribution < 1.29 is 4.79 Å². The van der Waals surface area contributed by atoms with Crippen molar-refractivity contribution in [2.24, 2.45) is 0 Å². The van der Waals surface area contributed by atoms with Crippen LogP contribution in [0.4, 0.5) is 0 Å². The highest BCUT2D eigenvalue weighted by Crippen LogP contribution is 2.37. The molecule has 4 aromatic rings. The van der Waals surface area contributed by atoms with Crippen LogP contribution >= 0.6 is 0 Å². The minimum absolute atomic E-state index is 0.0587. The van der Waals surface area contributed by atoms with Gasteiger partial charge in [-0.1, -0.05) is 78.9 Å². The Morgan fingerprint density at radius 3 is 1.97 bits per heavy atom. The molecule has 1 amide bonds. The molecule has 3 aromatic carbocycles. The molecule has 162 valence electrons. The fourth-order valence-corrected chi connectivity index (χ4v) is 3.84. The summed E-state index contributed by atoms with van der Waals surface area (Å²) in [7, 11) is 0. The van der Waals surface area contributed by atoms with Crippen LogP contribution in [0.1, 0.15) is 19.4 Å². The summed E-state index contributed by atoms with van der Waals surface area (Å²) in [6.07, 6.45) is 1.69. The summed E-state index contributed by atoms with van der Waals surface area (Å²) in [4.78, 5) is 12.7. The molecule has 33 heavy (non-hydrogen) atoms. The summed E-state index contributed by atoms with van der Waals surface area (Å²) in [5, 5.41) is 12.6. The first-order valence-corrected chi connectivity index (χ1v) is 10.9. The van der Waals surface area contributed by atoms with Crippen molar-refractivity contribution in [1.29, 1.82) is 5.26 Å². The van der Waals surface area contributed by atoms with E-state index in [0.29, 0.717) is 0 Å². The Labute approximate surface area is 194 Å². The first-order valence-electron chi connectivity index (χ1n) is 10.9. The zero-order valence-electron chi connectivity index (χ0n) is 18.7. The van der Waals surface area contributed by atoms with Gasteiger partial charge in [0.1, 0.15) is 11.6 Å². The third-order valence-corrected chi connectivity index (χ3v) is 5.25. The molecular formula is C29H25N3O. The van der Waals surface area contributed by atoms with E-state index in [1.807, 2.05) is 86.6 Å². The second-order valence-corrected chi connectivity index (χ2v) is 8.03. The normalized spacial score (nSPS) is 11.3. The average Bonchev–Trinajstić information content (AvgIpc) is 3.23. The van der Waals surface area contributed by atoms with Crippen LogP contribution in [0.2, 0.25) is 0 Å². The predicted octanol–water partition coefficient (Wildman–Crippen LogP) is 6.24. The fraction of sp³-hybridized carbons (Fsp3) is 0.103. The Morgan fingerprint density at radius 1 is 0.879 bits per heavy atom. The summed E-state index contributed by atoms with van der Waals surface area (Å²) in [5.41, 5.74) is 5.82. The third kappa shape index (κ3) is 4.78. The van der Waals surface area contributed by atoms with Gasteiger partial charge in [0, 0.05) is 17.3 Å². The quantitative estimate of drug-likeness (QED) is 0.290. The van der Waals surface area contributed by atoms with Gasteiger partial charge in [-0.25, -0.2) is 0 Å². The first-order chi connectivity index (χ1) is 16.1. The van der Waals surface area contributed by atoms with Crippen molar-refractivity contribution in [1.82, 2.24) is 9.88 Å². The molecule has 0 unspecified atom stereocenters. The topological polar surface area (TPSA) is 57.8 Å². The first kappa shape index (κ1) is 21.9. The molecule has 0 aliphatic carbocycles. The van der Waals surface area contributed by atoms with Crippen molar-refractivity contribution in [3.63, 3.8) is 0 Å². The van der Waals surface area contributed by atoms with Crippen molar-refractivity contribution in [2.45, 2.75) is 19.9 Å². The molecule has 0 atom stereocenters. The largest absolute Gasteiger partial charge is 0.349 e. The maximum atomic E-state index is 12.7. The summed E-state index contributed by atoms with van der Waals surface area (Å²) in [6.45, 7) is 3.75. The van der Waals surface area contributed by atoms with Crippen molar-refractivity contribution in [2.75, 3.05) is 0 Å². The summed E-state index contributed by atoms with van der Waals surface area (Å²) in [5.74, 6) is -0.375. The summed E-state index contributed by atoms with van der Waals surface area (Å²) in [6, 6.07) is 34.4. The van der Waals surface area contributed by atoms with Crippen LogP contribution in [-0.2, 0) is 4.79 Å². The van der Waals surface area contributed by atoms with Gasteiger partial charge in [-0.3, -0.25) is 4.79 Å². The van der Waals surface area contributed by atoms with Gasteiger partial charge >= 0.3 is 0 Å². The fourth-order valence-electron chi connectivity index (χ4n) is 3.84. The second-order valence-electron chi connectivity index (χ2n) is 8.03. The molecule has 0 fully saturated rings. The SMILES string of the molecule is CC(C)NC(=O)/C(C#N)=C/c1cc(-c2ccccc2)n(-c2ccccc2)c1-c1ccccc1. The van der Waals surface area contributed by atoms with Crippen LogP contribution in [0.25, 0.3) is 34.3 Å². The van der Waals surface area contributed by atoms with Gasteiger partial charge in [0.2, 0.25) is 0 Å². The number of nitrogens with zero attached hydrogens (tertiary/aromatic N) is 2. The van der Waals surface area contributed by atoms with E-state index in [4.69, 9.17) is 0 Å². The maximum absolute atomic E-state index is 12.7. The van der Waals surface area contributed by atoms with Gasteiger partial charge in [0.15, 0.2) is 0 Å². The van der Waals surface area contributed by atoms with Crippen LogP contribution in [0.5, 0.6) is 0 Å². The number of hydrogen-bond acceptors (Lipinski definition) is 2. The number of rotatable bonds is 6. The molecule has 4 rings (SSSR count). The predicted molar refractivity (Wildman–Crippen MR) is 134 cm³/mol. The molecule has 1 N–H and O–H groups in total. The monoisotopic (exact) mass is 431 g/mol. The number of nitriles is 1. The Hall–Kier alpha value is -4.36. The van der Waals surface area contributed by atoms with Crippen LogP contribution in [0.15, 0.2) is 103 Å². The van der Waals surface area contributed by atoms with Crippen molar-refractivity contribution in [3.8, 4) is 34.3 Å². The van der Waals surface area contributed by atoms with E-state index in [2.05, 4.69) is 40.2 Å². The number of nitrogens with one attached hydrogen (secondary N) is 1. The van der Waals surface area contributed by atoms with E-state index < -0.39 is 0 Å². The van der Waals surface area contributed by atoms with Gasteiger partial charge in [-0.05, 0) is 49.2 Å². The van der Waals surface area contributed by atoms with Gasteiger partial charge in [0.25, 0.3) is 5.91 Å². The minimum atomic E-state index is -0.375. The number of aromatic nitrogens is 1. The standard InChI is InChI=1S/C29H25N3O/c1-21(2)31-29(33)25(20-30)18-24-19-27(22-12-6-3-7-13-22)32(26-16-10-5-11-17-26)28(24)23-14-8-4-9-15-23/h3-19,21H,1-2H3,(H,31,33)/b25-18+. The van der Waals surface area contributed by atoms with Crippen LogP contribution in [0, 0.1) is 11.3 Å². The number of amides is 1. The van der Waals surface area contributed by atoms with E-state index >= 15 is 0 Å². The maximum Gasteiger partial charge on any atom is 0.262 e. The molecule has 4 nitrogen and oxygen atoms in total. The lowest BCUT2D eigenvalue weighted by molar-refractivity contribution is -0.117. The zero-order chi connectivity index (χ0) is 23.2. The molecule has 0 spiro atoms. The van der Waals surface area contributed by atoms with Gasteiger partial charge in [-0.15, -0.1) is 0 Å². The molecule has 0 bridgehead atoms. The molecule has 1 heterocycles. The molecule has 0 radical (unpaired) electrons. The highest BCUT2D eigenvalue weighted by atomic mass is 16.1. The number of benzene rings is 3. The Bertz CT molecular complexity index is 1310. The van der Waals surface area contributed by atoms with Crippen molar-refractivity contribution in [3.05, 3.63) is 108 Å². The van der Waals surface area contributed by atoms with Gasteiger partial charge in [0.05, 0.1) is 11.4 Å². The molecular weight excluding hydrogens is 406 g/mol. The van der Waals surface area contributed by atoms with Gasteiger partial charge in [-0.2, -0.15) is 5.26 Å². The lowest BCUT2D eigenvalue weighted by atomic mass is 10.0. The van der Waals surface area contributed by atoms with Crippen LogP contribution in [0.3, 0.4) is 0 Å². The van der Waals surface area contributed by atoms with E-state index in [0.717, 1.165) is 33.8 Å². The second kappa shape index (κ2) is 9.84. The summed E-state index contributed by atoms with van der Waals surface area (Å²) < 4.78 is 2.19. The number of para-hydroxylation sites is 1. The van der Waals surface area contributed by atoms with E-state index in [1.54, 1.807) is 6.08 Å². The number of carbonyl (C=O) groups is 1. The summed E-state index contributed by atoms with van der Waals surface area (Å²) >= 11 is 0. The lowest BCUT2D eigenvalue weighted by Crippen LogP contribution is -2.30. The Balaban J connectivity index is 2.03. The molecule has 1 aromatic heterocycles. The van der Waals surface area contributed by atoms with E-state index in [1.165, 1.54) is 0 Å². The van der Waals surface area contributed by atoms with Gasteiger partial charge < -0.3 is 9.88 Å². The molecule has 0 saturated carbocycles. The van der Waals surface area contributed by atoms with E-state index in [9.17, 15) is 10.1 Å². The number of hydrogen-bond donors (Lipinski definition) is 1. The highest BCUT2D eigenvalue weighted by molar-refractivity contribution is 6.03. The number of carbonyl (C=O) groups excluding carboxylic acids is 1. The van der Waals surface area contributed by atoms with Crippen molar-refractivity contribution >= 4 is 12.0 Å². The van der Waals surface area contributed by atoms with Crippen LogP contribution < -0.4 is 5.32 Å². The molecule has 4 heteroatoms. The highest BCUT2D eigenvalue weighted by Gasteiger charge is 2.20. The molecule has 0 aliphatic rings. The molecule has 0 aliphatic heterocycles. The zero-order valence-corrected chi connectivity index (χ0v) is 18.7. The minimum Gasteiger partial charge on any atom is -0.349 e. The average molecular weight is 432 g/mol. The smallest absolute Gasteiger partial charge is 0.262 e. The Kier molecular flexibility index (Phi) is 6.52. The van der Waals surface area contributed by atoms with E-state index in [-0.39, 0.29) is 17.5 Å². The Morgan fingerprint density at radius 2 is 1.42 bits per heavy atom. The third-order valence-electron chi connectivity index (χ3n) is 5.25. The molecule has 0 saturated heterocycles. The van der Waals surface area contributed by atoms with Crippen LogP contribution in [-0.4, -0.2) is 16.5 Å². The lowest BCUT2D eigenvalue weighted by Gasteiger charge is -2.15.